The van der Waals surface area contributed by atoms with Gasteiger partial charge in [-0.15, -0.1) is 0 Å². The molecule has 0 spiro atoms. The van der Waals surface area contributed by atoms with Crippen molar-refractivity contribution < 1.29 is 95.4 Å². The molecule has 31 heteroatoms. The number of ether oxygens (including phenoxy) is 8. The number of hydrogen-bond donors (Lipinski definition) is 4. The highest BCUT2D eigenvalue weighted by atomic mass is 16.5. The summed E-state index contributed by atoms with van der Waals surface area (Å²) in [7, 11) is 5.63. The second kappa shape index (κ2) is 43.9. The van der Waals surface area contributed by atoms with Crippen molar-refractivity contribution in [2.45, 2.75) is 194 Å². The highest BCUT2D eigenvalue weighted by Gasteiger charge is 2.42. The van der Waals surface area contributed by atoms with Crippen molar-refractivity contribution in [1.82, 2.24) is 10.6 Å². The number of carbonyl (C=O) groups is 12. The Bertz CT molecular complexity index is 6520. The molecule has 10 aromatic carbocycles. The number of carbonyl (C=O) groups excluding carboxylic acids is 12. The summed E-state index contributed by atoms with van der Waals surface area (Å²) in [5, 5.41) is 11.4. The van der Waals surface area contributed by atoms with Crippen LogP contribution in [0.25, 0.3) is 6.08 Å². The first-order valence-electron chi connectivity index (χ1n) is 48.4. The van der Waals surface area contributed by atoms with E-state index in [0.29, 0.717) is 152 Å². The zero-order valence-electron chi connectivity index (χ0n) is 81.8. The first kappa shape index (κ1) is 99.4. The standard InChI is InChI=1S/C57H57N5O10.C56H56N6O10/c1-33-20-44-38(18-19-42-25-39-12-6-8-14-47(39)61(42)56(44)67)27-50(33)71-31-36-22-37(24-41(23-36)60-55(66)34(2)21-49(63)35(3)59-53(64)16-10-11-17-54(65)70-5)32-72-52-29-46-45(28-51(52)69-4)57(68)62-43(30-58-46)26-40-13-7-9-15-48(40)62;1-32-18-42-44(57-28-40-23-37-12-6-8-14-46(37)61(40)55(42)67)26-49(32)71-30-35-20-36(22-39(21-35)60-54(66)33(2)19-48(63)34(3)59-52(64)16-10-11-17-53(65)70-5)31-72-51-27-45-43(25-50(51)69-4)56(68)62-41(29-58-45)24-38-13-7-9-15-47(38)62/h6-9,12-15,18-20,22-24,27-30,34-35,42-43H,10-11,16-17,21,25-26,31-32H2,1-5H3,(H,59,64)(H,60,66);6-9,12-15,18,20-22,25-29,33-34,40-41H,10-11,16-17,19,23-24,30-31H2,1-5H3,(H,59,64)(H,60,66)/t34-,35+,42-,43+;33-,34+,40+,41+/m11/s1. The van der Waals surface area contributed by atoms with Crippen molar-refractivity contribution in [3.05, 3.63) is 272 Å². The van der Waals surface area contributed by atoms with Crippen LogP contribution in [0.15, 0.2) is 203 Å². The summed E-state index contributed by atoms with van der Waals surface area (Å²) in [5.41, 5.74) is 16.9. The minimum absolute atomic E-state index is 0.00901. The Labute approximate surface area is 833 Å². The average Bonchev–Trinajstić information content (AvgIpc) is 1.67. The van der Waals surface area contributed by atoms with E-state index in [0.717, 1.165) is 68.1 Å². The number of rotatable bonds is 36. The molecule has 0 unspecified atom stereocenters. The van der Waals surface area contributed by atoms with Crippen LogP contribution < -0.4 is 69.3 Å². The monoisotopic (exact) mass is 1940 g/mol. The predicted octanol–water partition coefficient (Wildman–Crippen LogP) is 17.3. The molecule has 740 valence electrons. The number of unbranched alkanes of at least 4 members (excludes halogenated alkanes) is 2. The fraction of sp³-hybridized carbons (Fsp3) is 0.319. The van der Waals surface area contributed by atoms with E-state index in [-0.39, 0.29) is 148 Å². The number of anilines is 6. The van der Waals surface area contributed by atoms with E-state index >= 15 is 0 Å². The Hall–Kier alpha value is -16.2. The number of esters is 2. The minimum atomic E-state index is -0.825. The number of fused-ring (bicyclic) bond motifs is 16. The summed E-state index contributed by atoms with van der Waals surface area (Å²) in [4.78, 5) is 179. The van der Waals surface area contributed by atoms with Gasteiger partial charge in [0.1, 0.15) is 37.9 Å². The molecular formula is C113H113N11O20. The summed E-state index contributed by atoms with van der Waals surface area (Å²) >= 11 is 0. The fourth-order valence-corrected chi connectivity index (χ4v) is 19.4. The Morgan fingerprint density at radius 3 is 1.06 bits per heavy atom. The largest absolute Gasteiger partial charge is 0.493 e. The first-order valence-corrected chi connectivity index (χ1v) is 48.4. The molecule has 8 amide bonds. The van der Waals surface area contributed by atoms with Crippen LogP contribution in [-0.2, 0) is 99.9 Å². The topological polar surface area (TPSA) is 377 Å². The number of ketones is 2. The molecule has 0 aromatic heterocycles. The predicted molar refractivity (Wildman–Crippen MR) is 546 cm³/mol. The van der Waals surface area contributed by atoms with Gasteiger partial charge in [-0.05, 0) is 212 Å². The Morgan fingerprint density at radius 2 is 0.688 bits per heavy atom. The van der Waals surface area contributed by atoms with Crippen LogP contribution in [0.3, 0.4) is 0 Å². The number of methoxy groups -OCH3 is 4. The zero-order valence-corrected chi connectivity index (χ0v) is 81.8. The third kappa shape index (κ3) is 22.1. The number of para-hydroxylation sites is 4. The van der Waals surface area contributed by atoms with Crippen LogP contribution in [0.1, 0.15) is 195 Å². The number of nitrogens with one attached hydrogen (secondary N) is 4. The molecule has 8 aliphatic heterocycles. The van der Waals surface area contributed by atoms with Gasteiger partial charge in [0.25, 0.3) is 23.6 Å². The molecule has 0 saturated carbocycles. The summed E-state index contributed by atoms with van der Waals surface area (Å²) in [5.74, 6) is -2.37. The maximum atomic E-state index is 14.1. The highest BCUT2D eigenvalue weighted by Crippen LogP contribution is 2.47. The quantitative estimate of drug-likeness (QED) is 0.0209. The maximum absolute atomic E-state index is 14.1. The number of amides is 8. The summed E-state index contributed by atoms with van der Waals surface area (Å²) in [6.07, 6.45) is 14.5. The van der Waals surface area contributed by atoms with E-state index in [2.05, 4.69) is 42.9 Å². The van der Waals surface area contributed by atoms with Crippen molar-refractivity contribution in [2.24, 2.45) is 26.8 Å². The molecule has 8 aliphatic rings. The van der Waals surface area contributed by atoms with E-state index in [1.54, 1.807) is 115 Å². The smallest absolute Gasteiger partial charge is 0.305 e. The van der Waals surface area contributed by atoms with Crippen LogP contribution in [0, 0.1) is 25.7 Å². The van der Waals surface area contributed by atoms with Crippen LogP contribution in [0.5, 0.6) is 34.5 Å². The number of nitrogens with zero attached hydrogens (tertiary/aromatic N) is 7. The van der Waals surface area contributed by atoms with Crippen molar-refractivity contribution in [2.75, 3.05) is 58.7 Å². The SMILES string of the molecule is COC(=O)CCCCC(=O)N[C@@H](C)C(=O)C[C@@H](C)C(=O)Nc1cc(COc2cc3c(cc2C)C(=O)N2c4ccccc4C[C@H]2C=C3)cc(COc2cc3c(cc2OC)C(=O)N2c4ccccc4C[C@H]2C=N3)c1.COC(=O)CCCCC(=O)N[C@@H](C)C(=O)C[C@@H](C)C(=O)Nc1cc(COc2cc3c(cc2C)C(=O)N2c4ccccc4C[C@H]2C=N3)cc(COc2cc3c(cc2OC)C(=O)N2c4ccccc4C[C@H]2C=N3)c1. The highest BCUT2D eigenvalue weighted by molar-refractivity contribution is 6.18. The van der Waals surface area contributed by atoms with Gasteiger partial charge in [0.05, 0.1) is 98.4 Å². The number of aryl methyl sites for hydroxylation is 2. The van der Waals surface area contributed by atoms with Gasteiger partial charge in [-0.2, -0.15) is 0 Å². The van der Waals surface area contributed by atoms with Crippen LogP contribution in [0.2, 0.25) is 0 Å². The van der Waals surface area contributed by atoms with Gasteiger partial charge in [0.15, 0.2) is 34.6 Å². The molecule has 4 N–H and O–H groups in total. The summed E-state index contributed by atoms with van der Waals surface area (Å²) in [6.45, 7) is 10.4. The van der Waals surface area contributed by atoms with Gasteiger partial charge in [0, 0.05) is 146 Å². The van der Waals surface area contributed by atoms with E-state index in [1.165, 1.54) is 28.4 Å². The zero-order chi connectivity index (χ0) is 101. The number of aliphatic imine (C=N–C) groups is 3. The van der Waals surface area contributed by atoms with Gasteiger partial charge in [-0.3, -0.25) is 87.2 Å². The van der Waals surface area contributed by atoms with Crippen molar-refractivity contribution >= 4 is 147 Å². The normalized spacial score (nSPS) is 16.7. The average molecular weight is 1950 g/mol. The van der Waals surface area contributed by atoms with Crippen LogP contribution in [-0.4, -0.2) is 154 Å². The molecule has 0 aliphatic carbocycles. The molecule has 0 bridgehead atoms. The Balaban J connectivity index is 0.000000198. The lowest BCUT2D eigenvalue weighted by Crippen LogP contribution is -2.39. The van der Waals surface area contributed by atoms with Gasteiger partial charge >= 0.3 is 11.9 Å². The van der Waals surface area contributed by atoms with E-state index in [1.807, 2.05) is 146 Å². The lowest BCUT2D eigenvalue weighted by Gasteiger charge is -2.22. The van der Waals surface area contributed by atoms with Crippen molar-refractivity contribution in [1.29, 1.82) is 0 Å². The van der Waals surface area contributed by atoms with Crippen LogP contribution >= 0.6 is 0 Å². The Kier molecular flexibility index (Phi) is 30.3. The molecular weight excluding hydrogens is 1830 g/mol. The van der Waals surface area contributed by atoms with Crippen LogP contribution in [0.4, 0.5) is 51.2 Å². The molecule has 0 radical (unpaired) electrons. The number of benzene rings is 10. The molecule has 0 saturated heterocycles. The molecule has 144 heavy (non-hydrogen) atoms. The van der Waals surface area contributed by atoms with E-state index in [9.17, 15) is 57.5 Å². The van der Waals surface area contributed by atoms with E-state index in [4.69, 9.17) is 43.4 Å². The molecule has 0 fully saturated rings. The summed E-state index contributed by atoms with van der Waals surface area (Å²) in [6, 6.07) is 54.1. The number of hydrogen-bond acceptors (Lipinski definition) is 23. The molecule has 10 aromatic rings. The lowest BCUT2D eigenvalue weighted by molar-refractivity contribution is -0.141. The summed E-state index contributed by atoms with van der Waals surface area (Å²) < 4.78 is 46.6. The van der Waals surface area contributed by atoms with Crippen molar-refractivity contribution in [3.63, 3.8) is 0 Å². The first-order chi connectivity index (χ1) is 69.5. The van der Waals surface area contributed by atoms with Crippen molar-refractivity contribution in [3.8, 4) is 34.5 Å². The molecule has 18 rings (SSSR count). The number of Topliss-reactive ketones (excluding diaryl/α,β-unsaturated/α-hetero) is 2. The second-order valence-electron chi connectivity index (χ2n) is 37.4. The molecule has 31 nitrogen and oxygen atoms in total. The van der Waals surface area contributed by atoms with Gasteiger partial charge in [0.2, 0.25) is 23.6 Å². The van der Waals surface area contributed by atoms with Gasteiger partial charge in [-0.25, -0.2) is 0 Å². The fourth-order valence-electron chi connectivity index (χ4n) is 19.4. The Morgan fingerprint density at radius 1 is 0.368 bits per heavy atom. The third-order valence-electron chi connectivity index (χ3n) is 27.1. The second-order valence-corrected chi connectivity index (χ2v) is 37.4. The molecule has 8 heterocycles. The molecule has 8 atom stereocenters. The van der Waals surface area contributed by atoms with E-state index < -0.39 is 35.7 Å². The van der Waals surface area contributed by atoms with Gasteiger partial charge in [-0.1, -0.05) is 98.8 Å². The third-order valence-corrected chi connectivity index (χ3v) is 27.1. The van der Waals surface area contributed by atoms with Gasteiger partial charge < -0.3 is 64.1 Å². The lowest BCUT2D eigenvalue weighted by atomic mass is 9.99. The minimum Gasteiger partial charge on any atom is -0.493 e. The maximum Gasteiger partial charge on any atom is 0.305 e.